The highest BCUT2D eigenvalue weighted by Crippen LogP contribution is 2.44. The molecule has 0 radical (unpaired) electrons. The summed E-state index contributed by atoms with van der Waals surface area (Å²) in [6, 6.07) is 3.32. The van der Waals surface area contributed by atoms with Crippen LogP contribution in [0.4, 0.5) is 4.39 Å². The Balaban J connectivity index is 0.00000243. The number of rotatable bonds is 5. The summed E-state index contributed by atoms with van der Waals surface area (Å²) in [5.74, 6) is 1.63. The van der Waals surface area contributed by atoms with Gasteiger partial charge < -0.3 is 15.5 Å². The van der Waals surface area contributed by atoms with Crippen molar-refractivity contribution in [1.29, 1.82) is 0 Å². The zero-order valence-corrected chi connectivity index (χ0v) is 17.6. The summed E-state index contributed by atoms with van der Waals surface area (Å²) < 4.78 is 13.8. The largest absolute Gasteiger partial charge is 0.353 e. The third kappa shape index (κ3) is 5.28. The Bertz CT molecular complexity index is 654. The van der Waals surface area contributed by atoms with Gasteiger partial charge in [0.1, 0.15) is 5.82 Å². The normalized spacial score (nSPS) is 24.1. The number of halogens is 2. The number of amides is 1. The molecule has 2 saturated carbocycles. The Morgan fingerprint density at radius 3 is 2.81 bits per heavy atom. The number of pyridine rings is 1. The van der Waals surface area contributed by atoms with Gasteiger partial charge >= 0.3 is 0 Å². The first kappa shape index (κ1) is 20.9. The summed E-state index contributed by atoms with van der Waals surface area (Å²) in [6.07, 6.45) is 6.55. The summed E-state index contributed by atoms with van der Waals surface area (Å²) in [6.45, 7) is 0.295. The molecule has 1 aromatic heterocycles. The van der Waals surface area contributed by atoms with Crippen LogP contribution in [-0.4, -0.2) is 48.4 Å². The predicted octanol–water partition coefficient (Wildman–Crippen LogP) is 2.15. The predicted molar refractivity (Wildman–Crippen MR) is 110 cm³/mol. The molecule has 0 aromatic carbocycles. The van der Waals surface area contributed by atoms with E-state index in [1.54, 1.807) is 26.4 Å². The number of hydrogen-bond acceptors (Lipinski definition) is 3. The molecular formula is C18H27FIN5O. The van der Waals surface area contributed by atoms with Gasteiger partial charge in [0.15, 0.2) is 5.96 Å². The molecule has 1 heterocycles. The molecule has 3 atom stereocenters. The van der Waals surface area contributed by atoms with E-state index in [-0.39, 0.29) is 48.8 Å². The van der Waals surface area contributed by atoms with Crippen molar-refractivity contribution in [2.45, 2.75) is 38.3 Å². The minimum Gasteiger partial charge on any atom is -0.353 e. The fourth-order valence-corrected chi connectivity index (χ4v) is 3.76. The zero-order valence-electron chi connectivity index (χ0n) is 15.2. The van der Waals surface area contributed by atoms with Gasteiger partial charge in [0.2, 0.25) is 5.91 Å². The Morgan fingerprint density at radius 2 is 2.19 bits per heavy atom. The van der Waals surface area contributed by atoms with Gasteiger partial charge in [-0.3, -0.25) is 9.78 Å². The summed E-state index contributed by atoms with van der Waals surface area (Å²) in [5, 5.41) is 6.52. The van der Waals surface area contributed by atoms with Gasteiger partial charge in [-0.25, -0.2) is 9.38 Å². The number of fused-ring (bicyclic) bond motifs is 2. The van der Waals surface area contributed by atoms with E-state index in [9.17, 15) is 9.18 Å². The first-order valence-corrected chi connectivity index (χ1v) is 8.87. The van der Waals surface area contributed by atoms with Crippen LogP contribution in [0, 0.1) is 17.7 Å². The number of hydrogen-bond donors (Lipinski definition) is 2. The molecule has 2 bridgehead atoms. The van der Waals surface area contributed by atoms with Gasteiger partial charge in [-0.15, -0.1) is 24.0 Å². The summed E-state index contributed by atoms with van der Waals surface area (Å²) in [4.78, 5) is 21.9. The maximum Gasteiger partial charge on any atom is 0.241 e. The summed E-state index contributed by atoms with van der Waals surface area (Å²) in [5.41, 5.74) is 0.301. The standard InChI is InChI=1S/C18H26FN5O.HI/c1-24(2)17(25)11-22-18(21-10-16-14(19)4-3-7-20-16)23-15-9-12-5-6-13(15)8-12;/h3-4,7,12-13,15H,5-6,8-11H2,1-2H3,(H2,21,22,23);1H. The fraction of sp³-hybridized carbons (Fsp3) is 0.611. The Labute approximate surface area is 171 Å². The quantitative estimate of drug-likeness (QED) is 0.389. The topological polar surface area (TPSA) is 69.6 Å². The van der Waals surface area contributed by atoms with Crippen LogP contribution in [0.1, 0.15) is 31.4 Å². The number of carbonyl (C=O) groups is 1. The van der Waals surface area contributed by atoms with E-state index in [0.29, 0.717) is 23.6 Å². The Morgan fingerprint density at radius 1 is 1.38 bits per heavy atom. The van der Waals surface area contributed by atoms with Crippen molar-refractivity contribution in [1.82, 2.24) is 20.5 Å². The van der Waals surface area contributed by atoms with Crippen LogP contribution in [-0.2, 0) is 11.3 Å². The Kier molecular flexibility index (Phi) is 7.60. The Hall–Kier alpha value is -1.45. The number of carbonyl (C=O) groups excluding carboxylic acids is 1. The molecule has 1 aromatic rings. The molecule has 0 saturated heterocycles. The van der Waals surface area contributed by atoms with Crippen LogP contribution in [0.5, 0.6) is 0 Å². The van der Waals surface area contributed by atoms with Crippen molar-refractivity contribution in [3.05, 3.63) is 29.8 Å². The minimum atomic E-state index is -0.366. The van der Waals surface area contributed by atoms with Crippen molar-refractivity contribution in [2.75, 3.05) is 20.6 Å². The lowest BCUT2D eigenvalue weighted by molar-refractivity contribution is -0.127. The lowest BCUT2D eigenvalue weighted by Crippen LogP contribution is -2.48. The molecular weight excluding hydrogens is 448 g/mol. The molecule has 2 aliphatic rings. The third-order valence-corrected chi connectivity index (χ3v) is 5.19. The monoisotopic (exact) mass is 475 g/mol. The van der Waals surface area contributed by atoms with Crippen molar-refractivity contribution >= 4 is 35.8 Å². The average molecular weight is 475 g/mol. The van der Waals surface area contributed by atoms with Crippen molar-refractivity contribution in [3.63, 3.8) is 0 Å². The van der Waals surface area contributed by atoms with Gasteiger partial charge in [-0.2, -0.15) is 0 Å². The molecule has 26 heavy (non-hydrogen) atoms. The maximum absolute atomic E-state index is 13.8. The van der Waals surface area contributed by atoms with E-state index >= 15 is 0 Å². The van der Waals surface area contributed by atoms with Crippen LogP contribution >= 0.6 is 24.0 Å². The second-order valence-electron chi connectivity index (χ2n) is 7.16. The van der Waals surface area contributed by atoms with Crippen molar-refractivity contribution < 1.29 is 9.18 Å². The average Bonchev–Trinajstić information content (AvgIpc) is 3.21. The second-order valence-corrected chi connectivity index (χ2v) is 7.16. The third-order valence-electron chi connectivity index (χ3n) is 5.19. The zero-order chi connectivity index (χ0) is 17.8. The molecule has 2 aliphatic carbocycles. The molecule has 0 spiro atoms. The highest BCUT2D eigenvalue weighted by Gasteiger charge is 2.39. The van der Waals surface area contributed by atoms with Crippen molar-refractivity contribution in [2.24, 2.45) is 16.8 Å². The first-order valence-electron chi connectivity index (χ1n) is 8.87. The number of aromatic nitrogens is 1. The number of aliphatic imine (C=N–C) groups is 1. The fourth-order valence-electron chi connectivity index (χ4n) is 3.76. The summed E-state index contributed by atoms with van der Waals surface area (Å²) in [7, 11) is 3.43. The number of nitrogens with zero attached hydrogens (tertiary/aromatic N) is 3. The molecule has 2 N–H and O–H groups in total. The minimum absolute atomic E-state index is 0. The van der Waals surface area contributed by atoms with Crippen LogP contribution in [0.15, 0.2) is 23.3 Å². The number of nitrogens with one attached hydrogen (secondary N) is 2. The lowest BCUT2D eigenvalue weighted by Gasteiger charge is -2.25. The van der Waals surface area contributed by atoms with Crippen LogP contribution in [0.2, 0.25) is 0 Å². The van der Waals surface area contributed by atoms with E-state index in [0.717, 1.165) is 12.3 Å². The van der Waals surface area contributed by atoms with Crippen LogP contribution < -0.4 is 10.6 Å². The van der Waals surface area contributed by atoms with Gasteiger partial charge in [-0.1, -0.05) is 6.42 Å². The highest BCUT2D eigenvalue weighted by molar-refractivity contribution is 14.0. The second kappa shape index (κ2) is 9.48. The summed E-state index contributed by atoms with van der Waals surface area (Å²) >= 11 is 0. The highest BCUT2D eigenvalue weighted by atomic mass is 127. The van der Waals surface area contributed by atoms with E-state index in [1.165, 1.54) is 30.2 Å². The van der Waals surface area contributed by atoms with E-state index in [1.807, 2.05) is 0 Å². The molecule has 6 nitrogen and oxygen atoms in total. The molecule has 0 aliphatic heterocycles. The smallest absolute Gasteiger partial charge is 0.241 e. The van der Waals surface area contributed by atoms with Crippen LogP contribution in [0.3, 0.4) is 0 Å². The lowest BCUT2D eigenvalue weighted by atomic mass is 9.95. The van der Waals surface area contributed by atoms with Crippen LogP contribution in [0.25, 0.3) is 0 Å². The molecule has 8 heteroatoms. The van der Waals surface area contributed by atoms with Gasteiger partial charge in [0.25, 0.3) is 0 Å². The number of guanidine groups is 1. The SMILES string of the molecule is CN(C)C(=O)CNC(=NCc1ncccc1F)NC1CC2CCC1C2.I. The van der Waals surface area contributed by atoms with E-state index in [4.69, 9.17) is 0 Å². The number of likely N-dealkylation sites (N-methyl/N-ethyl adjacent to an activating group) is 1. The molecule has 1 amide bonds. The van der Waals surface area contributed by atoms with Gasteiger partial charge in [0, 0.05) is 26.3 Å². The molecule has 3 unspecified atom stereocenters. The molecule has 144 valence electrons. The van der Waals surface area contributed by atoms with Gasteiger partial charge in [-0.05, 0) is 43.2 Å². The van der Waals surface area contributed by atoms with Gasteiger partial charge in [0.05, 0.1) is 18.8 Å². The molecule has 2 fully saturated rings. The maximum atomic E-state index is 13.8. The van der Waals surface area contributed by atoms with E-state index in [2.05, 4.69) is 20.6 Å². The van der Waals surface area contributed by atoms with E-state index < -0.39 is 0 Å². The molecule has 3 rings (SSSR count). The van der Waals surface area contributed by atoms with Crippen molar-refractivity contribution in [3.8, 4) is 0 Å². The first-order chi connectivity index (χ1) is 12.0.